The minimum Gasteiger partial charge on any atom is -0.383 e. The van der Waals surface area contributed by atoms with Crippen molar-refractivity contribution in [3.63, 3.8) is 0 Å². The first-order chi connectivity index (χ1) is 9.65. The summed E-state index contributed by atoms with van der Waals surface area (Å²) in [6, 6.07) is 0. The Balaban J connectivity index is 3.61. The number of nitrogens with zero attached hydrogens (tertiary/aromatic N) is 2. The Bertz CT molecular complexity index is 641. The number of nitrogen functional groups attached to an aromatic ring is 1. The van der Waals surface area contributed by atoms with Crippen LogP contribution in [-0.2, 0) is 17.9 Å². The van der Waals surface area contributed by atoms with Crippen LogP contribution in [0, 0.1) is 11.8 Å². The average molecular weight is 296 g/mol. The second-order valence-corrected chi connectivity index (χ2v) is 6.04. The van der Waals surface area contributed by atoms with E-state index >= 15 is 0 Å². The molecule has 21 heavy (non-hydrogen) atoms. The Labute approximate surface area is 123 Å². The molecule has 0 saturated carbocycles. The van der Waals surface area contributed by atoms with Gasteiger partial charge in [0.25, 0.3) is 5.56 Å². The predicted molar refractivity (Wildman–Crippen MR) is 83.4 cm³/mol. The lowest BCUT2D eigenvalue weighted by Crippen LogP contribution is -2.44. The van der Waals surface area contributed by atoms with Gasteiger partial charge in [-0.25, -0.2) is 4.79 Å². The summed E-state index contributed by atoms with van der Waals surface area (Å²) in [5.41, 5.74) is 4.90. The minimum absolute atomic E-state index is 0.00825. The average Bonchev–Trinajstić information content (AvgIpc) is 2.35. The highest BCUT2D eigenvalue weighted by molar-refractivity contribution is 5.91. The van der Waals surface area contributed by atoms with Crippen LogP contribution in [0.5, 0.6) is 0 Å². The monoisotopic (exact) mass is 296 g/mol. The normalized spacial score (nSPS) is 11.2. The van der Waals surface area contributed by atoms with Crippen LogP contribution in [0.2, 0.25) is 0 Å². The molecular formula is C14H24N4O3. The Kier molecular flexibility index (Phi) is 5.34. The quantitative estimate of drug-likeness (QED) is 0.842. The molecule has 0 fully saturated rings. The molecule has 0 aliphatic heterocycles. The molecule has 118 valence electrons. The fourth-order valence-electron chi connectivity index (χ4n) is 2.08. The first-order valence-corrected chi connectivity index (χ1v) is 7.05. The van der Waals surface area contributed by atoms with Crippen molar-refractivity contribution < 1.29 is 4.79 Å². The Morgan fingerprint density at radius 3 is 2.00 bits per heavy atom. The van der Waals surface area contributed by atoms with Crippen LogP contribution in [0.3, 0.4) is 0 Å². The van der Waals surface area contributed by atoms with Gasteiger partial charge in [-0.05, 0) is 11.8 Å². The Morgan fingerprint density at radius 2 is 1.57 bits per heavy atom. The summed E-state index contributed by atoms with van der Waals surface area (Å²) in [6.45, 7) is 9.67. The largest absolute Gasteiger partial charge is 0.383 e. The SMILES string of the molecule is CC(=O)Nc1c(N)n(CC(C)C)c(=O)n(CC(C)C)c1=O. The van der Waals surface area contributed by atoms with E-state index in [2.05, 4.69) is 5.32 Å². The smallest absolute Gasteiger partial charge is 0.332 e. The van der Waals surface area contributed by atoms with Crippen molar-refractivity contribution in [2.75, 3.05) is 11.1 Å². The van der Waals surface area contributed by atoms with Crippen LogP contribution in [-0.4, -0.2) is 15.0 Å². The van der Waals surface area contributed by atoms with Crippen LogP contribution < -0.4 is 22.3 Å². The number of anilines is 2. The highest BCUT2D eigenvalue weighted by atomic mass is 16.2. The fourth-order valence-corrected chi connectivity index (χ4v) is 2.08. The number of aromatic nitrogens is 2. The molecule has 0 aromatic carbocycles. The van der Waals surface area contributed by atoms with Gasteiger partial charge in [-0.3, -0.25) is 18.7 Å². The highest BCUT2D eigenvalue weighted by Crippen LogP contribution is 2.13. The van der Waals surface area contributed by atoms with E-state index in [1.807, 2.05) is 27.7 Å². The summed E-state index contributed by atoms with van der Waals surface area (Å²) in [5.74, 6) is -0.0876. The summed E-state index contributed by atoms with van der Waals surface area (Å²) in [6.07, 6.45) is 0. The van der Waals surface area contributed by atoms with Gasteiger partial charge in [-0.1, -0.05) is 27.7 Å². The molecule has 0 saturated heterocycles. The van der Waals surface area contributed by atoms with Crippen molar-refractivity contribution in [1.29, 1.82) is 0 Å². The highest BCUT2D eigenvalue weighted by Gasteiger charge is 2.19. The van der Waals surface area contributed by atoms with Gasteiger partial charge >= 0.3 is 5.69 Å². The van der Waals surface area contributed by atoms with E-state index in [1.165, 1.54) is 11.5 Å². The zero-order valence-corrected chi connectivity index (χ0v) is 13.3. The fraction of sp³-hybridized carbons (Fsp3) is 0.643. The van der Waals surface area contributed by atoms with Crippen LogP contribution in [0.25, 0.3) is 0 Å². The number of nitrogens with two attached hydrogens (primary N) is 1. The van der Waals surface area contributed by atoms with Crippen molar-refractivity contribution in [3.8, 4) is 0 Å². The van der Waals surface area contributed by atoms with E-state index in [1.54, 1.807) is 0 Å². The maximum Gasteiger partial charge on any atom is 0.332 e. The molecule has 0 radical (unpaired) electrons. The Morgan fingerprint density at radius 1 is 1.10 bits per heavy atom. The van der Waals surface area contributed by atoms with Crippen LogP contribution in [0.4, 0.5) is 11.5 Å². The summed E-state index contributed by atoms with van der Waals surface area (Å²) in [4.78, 5) is 36.1. The van der Waals surface area contributed by atoms with Crippen molar-refractivity contribution in [1.82, 2.24) is 9.13 Å². The van der Waals surface area contributed by atoms with Crippen LogP contribution in [0.15, 0.2) is 9.59 Å². The molecule has 0 unspecified atom stereocenters. The molecule has 1 heterocycles. The lowest BCUT2D eigenvalue weighted by Gasteiger charge is -2.18. The molecule has 1 aromatic heterocycles. The van der Waals surface area contributed by atoms with E-state index in [4.69, 9.17) is 5.73 Å². The summed E-state index contributed by atoms with van der Waals surface area (Å²) in [5, 5.41) is 2.44. The lowest BCUT2D eigenvalue weighted by molar-refractivity contribution is -0.114. The molecule has 1 amide bonds. The predicted octanol–water partition coefficient (Wildman–Crippen LogP) is 0.863. The van der Waals surface area contributed by atoms with E-state index < -0.39 is 17.2 Å². The van der Waals surface area contributed by atoms with Crippen LogP contribution >= 0.6 is 0 Å². The molecule has 0 bridgehead atoms. The first-order valence-electron chi connectivity index (χ1n) is 7.05. The van der Waals surface area contributed by atoms with Gasteiger partial charge < -0.3 is 11.1 Å². The second kappa shape index (κ2) is 6.60. The molecule has 0 atom stereocenters. The van der Waals surface area contributed by atoms with Gasteiger partial charge in [0.05, 0.1) is 0 Å². The first kappa shape index (κ1) is 17.0. The molecule has 7 nitrogen and oxygen atoms in total. The number of hydrogen-bond acceptors (Lipinski definition) is 4. The molecule has 7 heteroatoms. The van der Waals surface area contributed by atoms with Crippen molar-refractivity contribution in [2.45, 2.75) is 47.7 Å². The third kappa shape index (κ3) is 3.96. The second-order valence-electron chi connectivity index (χ2n) is 6.04. The molecule has 0 aliphatic carbocycles. The van der Waals surface area contributed by atoms with E-state index in [9.17, 15) is 14.4 Å². The molecule has 3 N–H and O–H groups in total. The zero-order chi connectivity index (χ0) is 16.3. The number of amides is 1. The maximum absolute atomic E-state index is 12.5. The molecule has 1 aromatic rings. The van der Waals surface area contributed by atoms with Gasteiger partial charge in [-0.2, -0.15) is 0 Å². The third-order valence-electron chi connectivity index (χ3n) is 2.86. The zero-order valence-electron chi connectivity index (χ0n) is 13.3. The van der Waals surface area contributed by atoms with Gasteiger partial charge in [0.15, 0.2) is 0 Å². The van der Waals surface area contributed by atoms with Crippen molar-refractivity contribution >= 4 is 17.4 Å². The van der Waals surface area contributed by atoms with E-state index in [-0.39, 0.29) is 29.9 Å². The van der Waals surface area contributed by atoms with Gasteiger partial charge in [-0.15, -0.1) is 0 Å². The number of nitrogens with one attached hydrogen (secondary N) is 1. The van der Waals surface area contributed by atoms with Crippen molar-refractivity contribution in [2.24, 2.45) is 11.8 Å². The molecule has 1 rings (SSSR count). The standard InChI is InChI=1S/C14H24N4O3/c1-8(2)6-17-12(15)11(16-10(5)19)13(20)18(14(17)21)7-9(3)4/h8-9H,6-7,15H2,1-5H3,(H,16,19). The number of carbonyl (C=O) groups is 1. The molecular weight excluding hydrogens is 272 g/mol. The number of rotatable bonds is 5. The molecule has 0 spiro atoms. The molecule has 0 aliphatic rings. The summed E-state index contributed by atoms with van der Waals surface area (Å²) in [7, 11) is 0. The van der Waals surface area contributed by atoms with E-state index in [0.717, 1.165) is 4.57 Å². The van der Waals surface area contributed by atoms with Gasteiger partial charge in [0.2, 0.25) is 5.91 Å². The minimum atomic E-state index is -0.554. The summed E-state index contributed by atoms with van der Waals surface area (Å²) >= 11 is 0. The van der Waals surface area contributed by atoms with Gasteiger partial charge in [0, 0.05) is 20.0 Å². The topological polar surface area (TPSA) is 99.1 Å². The number of hydrogen-bond donors (Lipinski definition) is 2. The Hall–Kier alpha value is -2.05. The lowest BCUT2D eigenvalue weighted by atomic mass is 10.2. The summed E-state index contributed by atoms with van der Waals surface area (Å²) < 4.78 is 2.48. The van der Waals surface area contributed by atoms with Gasteiger partial charge in [0.1, 0.15) is 11.5 Å². The van der Waals surface area contributed by atoms with Crippen molar-refractivity contribution in [3.05, 3.63) is 20.8 Å². The third-order valence-corrected chi connectivity index (χ3v) is 2.86. The maximum atomic E-state index is 12.5. The van der Waals surface area contributed by atoms with E-state index in [0.29, 0.717) is 6.54 Å². The number of carbonyl (C=O) groups excluding carboxylic acids is 1. The van der Waals surface area contributed by atoms with Crippen LogP contribution in [0.1, 0.15) is 34.6 Å².